The number of carbonyl (C=O) groups is 1. The third kappa shape index (κ3) is 5.77. The number of carbonyl (C=O) groups excluding carboxylic acids is 1. The number of halogens is 1. The van der Waals surface area contributed by atoms with Gasteiger partial charge in [-0.15, -0.1) is 0 Å². The van der Waals surface area contributed by atoms with Crippen molar-refractivity contribution in [1.29, 1.82) is 0 Å². The van der Waals surface area contributed by atoms with Gasteiger partial charge in [0.15, 0.2) is 0 Å². The van der Waals surface area contributed by atoms with Crippen LogP contribution < -0.4 is 5.32 Å². The number of hydrogen-bond donors (Lipinski definition) is 2. The van der Waals surface area contributed by atoms with E-state index in [4.69, 9.17) is 16.7 Å². The zero-order valence-corrected chi connectivity index (χ0v) is 14.4. The minimum atomic E-state index is 0.0236. The molecule has 1 aliphatic heterocycles. The Morgan fingerprint density at radius 1 is 1.22 bits per heavy atom. The molecule has 1 saturated heterocycles. The molecule has 0 unspecified atom stereocenters. The maximum absolute atomic E-state index is 12.3. The van der Waals surface area contributed by atoms with Gasteiger partial charge in [-0.05, 0) is 24.1 Å². The molecule has 1 atom stereocenters. The average Bonchev–Trinajstić information content (AvgIpc) is 2.56. The van der Waals surface area contributed by atoms with Crippen molar-refractivity contribution in [1.82, 2.24) is 15.1 Å². The lowest BCUT2D eigenvalue weighted by Gasteiger charge is -2.34. The summed E-state index contributed by atoms with van der Waals surface area (Å²) in [5, 5.41) is 12.8. The predicted octanol–water partition coefficient (Wildman–Crippen LogP) is 1.52. The summed E-state index contributed by atoms with van der Waals surface area (Å²) in [5.74, 6) is 0.0578. The first-order valence-electron chi connectivity index (χ1n) is 8.22. The minimum absolute atomic E-state index is 0.0236. The van der Waals surface area contributed by atoms with Gasteiger partial charge in [0.2, 0.25) is 5.91 Å². The van der Waals surface area contributed by atoms with Crippen molar-refractivity contribution >= 4 is 17.5 Å². The Hall–Kier alpha value is -1.14. The van der Waals surface area contributed by atoms with Crippen LogP contribution in [0.2, 0.25) is 5.02 Å². The molecule has 1 heterocycles. The highest BCUT2D eigenvalue weighted by Crippen LogP contribution is 2.19. The summed E-state index contributed by atoms with van der Waals surface area (Å²) in [5.41, 5.74) is 1.08. The van der Waals surface area contributed by atoms with Crippen LogP contribution in [0.25, 0.3) is 0 Å². The molecule has 128 valence electrons. The molecule has 0 spiro atoms. The molecule has 2 N–H and O–H groups in total. The van der Waals surface area contributed by atoms with Gasteiger partial charge in [0.05, 0.1) is 19.2 Å². The molecule has 2 rings (SSSR count). The minimum Gasteiger partial charge on any atom is -0.395 e. The Morgan fingerprint density at radius 2 is 1.83 bits per heavy atom. The highest BCUT2D eigenvalue weighted by molar-refractivity contribution is 6.30. The molecular weight excluding hydrogens is 314 g/mol. The average molecular weight is 340 g/mol. The van der Waals surface area contributed by atoms with Crippen LogP contribution in [0.4, 0.5) is 0 Å². The van der Waals surface area contributed by atoms with Crippen LogP contribution in [0.15, 0.2) is 24.3 Å². The van der Waals surface area contributed by atoms with Crippen LogP contribution in [0.3, 0.4) is 0 Å². The molecule has 6 heteroatoms. The molecule has 1 aliphatic rings. The molecular formula is C17H26ClN3O2. The lowest BCUT2D eigenvalue weighted by molar-refractivity contribution is -0.123. The number of nitrogens with one attached hydrogen (secondary N) is 1. The lowest BCUT2D eigenvalue weighted by Crippen LogP contribution is -2.50. The third-order valence-electron chi connectivity index (χ3n) is 4.26. The van der Waals surface area contributed by atoms with Crippen molar-refractivity contribution in [3.63, 3.8) is 0 Å². The second-order valence-electron chi connectivity index (χ2n) is 5.92. The first kappa shape index (κ1) is 18.2. The van der Waals surface area contributed by atoms with E-state index in [1.807, 2.05) is 24.3 Å². The highest BCUT2D eigenvalue weighted by atomic mass is 35.5. The number of hydrogen-bond acceptors (Lipinski definition) is 4. The van der Waals surface area contributed by atoms with E-state index in [0.29, 0.717) is 18.1 Å². The predicted molar refractivity (Wildman–Crippen MR) is 92.6 cm³/mol. The largest absolute Gasteiger partial charge is 0.395 e. The first-order chi connectivity index (χ1) is 11.1. The molecule has 1 fully saturated rings. The summed E-state index contributed by atoms with van der Waals surface area (Å²) in [6.45, 7) is 6.94. The van der Waals surface area contributed by atoms with E-state index in [2.05, 4.69) is 22.0 Å². The van der Waals surface area contributed by atoms with Crippen molar-refractivity contribution in [3.05, 3.63) is 34.9 Å². The number of aliphatic hydroxyl groups excluding tert-OH is 1. The Morgan fingerprint density at radius 3 is 2.39 bits per heavy atom. The van der Waals surface area contributed by atoms with Gasteiger partial charge >= 0.3 is 0 Å². The van der Waals surface area contributed by atoms with Gasteiger partial charge in [0.25, 0.3) is 0 Å². The Balaban J connectivity index is 1.80. The quantitative estimate of drug-likeness (QED) is 0.791. The molecule has 0 aliphatic carbocycles. The van der Waals surface area contributed by atoms with E-state index < -0.39 is 0 Å². The van der Waals surface area contributed by atoms with Crippen LogP contribution in [-0.2, 0) is 4.79 Å². The third-order valence-corrected chi connectivity index (χ3v) is 4.52. The molecule has 5 nitrogen and oxygen atoms in total. The van der Waals surface area contributed by atoms with E-state index in [1.165, 1.54) is 0 Å². The van der Waals surface area contributed by atoms with Crippen molar-refractivity contribution in [2.24, 2.45) is 0 Å². The summed E-state index contributed by atoms with van der Waals surface area (Å²) >= 11 is 5.91. The summed E-state index contributed by atoms with van der Waals surface area (Å²) in [4.78, 5) is 16.7. The topological polar surface area (TPSA) is 55.8 Å². The second-order valence-corrected chi connectivity index (χ2v) is 6.36. The van der Waals surface area contributed by atoms with Crippen LogP contribution in [0.1, 0.15) is 24.9 Å². The van der Waals surface area contributed by atoms with Gasteiger partial charge in [-0.3, -0.25) is 14.6 Å². The van der Waals surface area contributed by atoms with Crippen LogP contribution in [0, 0.1) is 0 Å². The van der Waals surface area contributed by atoms with Gasteiger partial charge in [0.1, 0.15) is 0 Å². The van der Waals surface area contributed by atoms with Crippen molar-refractivity contribution in [3.8, 4) is 0 Å². The fourth-order valence-corrected chi connectivity index (χ4v) is 3.00. The number of aliphatic hydroxyl groups is 1. The molecule has 1 aromatic carbocycles. The van der Waals surface area contributed by atoms with Crippen LogP contribution in [-0.4, -0.2) is 66.7 Å². The highest BCUT2D eigenvalue weighted by Gasteiger charge is 2.20. The molecule has 0 radical (unpaired) electrons. The Kier molecular flexibility index (Phi) is 7.30. The zero-order valence-electron chi connectivity index (χ0n) is 13.7. The zero-order chi connectivity index (χ0) is 16.7. The number of β-amino-alcohol motifs (C(OH)–C–C–N with tert-alkyl or cyclic N) is 1. The van der Waals surface area contributed by atoms with Crippen molar-refractivity contribution in [2.45, 2.75) is 19.4 Å². The van der Waals surface area contributed by atoms with Crippen molar-refractivity contribution < 1.29 is 9.90 Å². The van der Waals surface area contributed by atoms with Gasteiger partial charge in [0, 0.05) is 37.7 Å². The van der Waals surface area contributed by atoms with E-state index >= 15 is 0 Å². The summed E-state index contributed by atoms with van der Waals surface area (Å²) < 4.78 is 0. The molecule has 0 bridgehead atoms. The molecule has 1 amide bonds. The second kappa shape index (κ2) is 9.23. The number of benzene rings is 1. The molecule has 23 heavy (non-hydrogen) atoms. The maximum Gasteiger partial charge on any atom is 0.234 e. The van der Waals surface area contributed by atoms with Gasteiger partial charge in [-0.25, -0.2) is 0 Å². The van der Waals surface area contributed by atoms with E-state index in [1.54, 1.807) is 0 Å². The van der Waals surface area contributed by atoms with Crippen LogP contribution in [0.5, 0.6) is 0 Å². The normalized spacial score (nSPS) is 17.9. The van der Waals surface area contributed by atoms with Gasteiger partial charge in [-0.1, -0.05) is 30.7 Å². The summed E-state index contributed by atoms with van der Waals surface area (Å²) in [6, 6.07) is 7.66. The van der Waals surface area contributed by atoms with Crippen LogP contribution >= 0.6 is 11.6 Å². The fourth-order valence-electron chi connectivity index (χ4n) is 2.87. The number of nitrogens with zero attached hydrogens (tertiary/aromatic N) is 2. The maximum atomic E-state index is 12.3. The van der Waals surface area contributed by atoms with E-state index in [0.717, 1.165) is 38.2 Å². The van der Waals surface area contributed by atoms with Gasteiger partial charge < -0.3 is 10.4 Å². The van der Waals surface area contributed by atoms with E-state index in [-0.39, 0.29) is 18.6 Å². The summed E-state index contributed by atoms with van der Waals surface area (Å²) in [6.07, 6.45) is 0.845. The summed E-state index contributed by atoms with van der Waals surface area (Å²) in [7, 11) is 0. The Bertz CT molecular complexity index is 487. The fraction of sp³-hybridized carbons (Fsp3) is 0.588. The first-order valence-corrected chi connectivity index (χ1v) is 8.60. The Labute approximate surface area is 143 Å². The standard InChI is InChI=1S/C17H26ClN3O2/c1-2-16(14-3-5-15(18)6-4-14)19-17(23)13-21-9-7-20(8-10-21)11-12-22/h3-6,16,22H,2,7-13H2,1H3,(H,19,23)/t16-/m1/s1. The molecule has 0 saturated carbocycles. The van der Waals surface area contributed by atoms with Gasteiger partial charge in [-0.2, -0.15) is 0 Å². The SMILES string of the molecule is CC[C@@H](NC(=O)CN1CCN(CCO)CC1)c1ccc(Cl)cc1. The van der Waals surface area contributed by atoms with Crippen molar-refractivity contribution in [2.75, 3.05) is 45.9 Å². The molecule has 1 aromatic rings. The monoisotopic (exact) mass is 339 g/mol. The smallest absolute Gasteiger partial charge is 0.234 e. The lowest BCUT2D eigenvalue weighted by atomic mass is 10.0. The molecule has 0 aromatic heterocycles. The number of amides is 1. The number of piperazine rings is 1. The number of rotatable bonds is 7. The van der Waals surface area contributed by atoms with E-state index in [9.17, 15) is 4.79 Å².